The smallest absolute Gasteiger partial charge is 0.166 e. The zero-order valence-corrected chi connectivity index (χ0v) is 15.5. The number of nitrogens with zero attached hydrogens (tertiary/aromatic N) is 1. The van der Waals surface area contributed by atoms with Crippen LogP contribution >= 0.6 is 12.2 Å². The number of hydrogen-bond donors (Lipinski definition) is 3. The molecule has 5 rings (SSSR count). The molecule has 2 aromatic rings. The summed E-state index contributed by atoms with van der Waals surface area (Å²) in [5.74, 6) is 1.67. The molecular weight excluding hydrogens is 332 g/mol. The maximum atomic E-state index is 5.51. The molecule has 2 bridgehead atoms. The van der Waals surface area contributed by atoms with Gasteiger partial charge in [0.2, 0.25) is 0 Å². The van der Waals surface area contributed by atoms with Crippen molar-refractivity contribution in [1.82, 2.24) is 20.5 Å². The zero-order chi connectivity index (χ0) is 17.2. The Bertz CT molecular complexity index is 751. The van der Waals surface area contributed by atoms with Crippen molar-refractivity contribution >= 4 is 28.2 Å². The van der Waals surface area contributed by atoms with Crippen LogP contribution < -0.4 is 15.4 Å². The fraction of sp³-hybridized carbons (Fsp3) is 0.526. The Kier molecular flexibility index (Phi) is 4.81. The molecule has 3 aliphatic heterocycles. The van der Waals surface area contributed by atoms with Crippen LogP contribution in [0.3, 0.4) is 0 Å². The fourth-order valence-electron chi connectivity index (χ4n) is 4.15. The first-order chi connectivity index (χ1) is 12.2. The molecule has 3 saturated heterocycles. The summed E-state index contributed by atoms with van der Waals surface area (Å²) in [5, 5.41) is 8.92. The second kappa shape index (κ2) is 7.22. The normalized spacial score (nSPS) is 25.1. The number of fused-ring (bicyclic) bond motifs is 4. The van der Waals surface area contributed by atoms with E-state index in [0.717, 1.165) is 41.8 Å². The first kappa shape index (κ1) is 16.7. The Morgan fingerprint density at radius 1 is 1.36 bits per heavy atom. The van der Waals surface area contributed by atoms with Gasteiger partial charge in [0.05, 0.1) is 7.11 Å². The molecule has 1 aromatic carbocycles. The third-order valence-electron chi connectivity index (χ3n) is 5.63. The SMILES string of the molecule is COc1ccc2[nH]cc(CCNC(=S)N[C@@H]3CN4CCC3CC4)c2c1. The molecule has 25 heavy (non-hydrogen) atoms. The van der Waals surface area contributed by atoms with Crippen LogP contribution in [0.15, 0.2) is 24.4 Å². The Hall–Kier alpha value is -1.79. The second-order valence-corrected chi connectivity index (χ2v) is 7.53. The largest absolute Gasteiger partial charge is 0.497 e. The summed E-state index contributed by atoms with van der Waals surface area (Å²) in [6.07, 6.45) is 5.61. The summed E-state index contributed by atoms with van der Waals surface area (Å²) >= 11 is 5.51. The van der Waals surface area contributed by atoms with Crippen LogP contribution in [0.2, 0.25) is 0 Å². The summed E-state index contributed by atoms with van der Waals surface area (Å²) in [6, 6.07) is 6.64. The van der Waals surface area contributed by atoms with Gasteiger partial charge in [0.1, 0.15) is 5.75 Å². The van der Waals surface area contributed by atoms with Gasteiger partial charge in [0.15, 0.2) is 5.11 Å². The molecule has 0 amide bonds. The minimum atomic E-state index is 0.514. The Labute approximate surface area is 154 Å². The van der Waals surface area contributed by atoms with E-state index in [2.05, 4.69) is 38.8 Å². The molecule has 4 heterocycles. The van der Waals surface area contributed by atoms with E-state index < -0.39 is 0 Å². The van der Waals surface area contributed by atoms with E-state index in [0.29, 0.717) is 6.04 Å². The van der Waals surface area contributed by atoms with E-state index in [1.54, 1.807) is 7.11 Å². The highest BCUT2D eigenvalue weighted by Gasteiger charge is 2.34. The third kappa shape index (κ3) is 3.60. The highest BCUT2D eigenvalue weighted by molar-refractivity contribution is 7.80. The van der Waals surface area contributed by atoms with E-state index >= 15 is 0 Å². The lowest BCUT2D eigenvalue weighted by atomic mass is 9.84. The van der Waals surface area contributed by atoms with Gasteiger partial charge in [-0.2, -0.15) is 0 Å². The summed E-state index contributed by atoms with van der Waals surface area (Å²) in [4.78, 5) is 5.87. The average molecular weight is 359 g/mol. The predicted octanol–water partition coefficient (Wildman–Crippen LogP) is 2.28. The van der Waals surface area contributed by atoms with Crippen molar-refractivity contribution in [1.29, 1.82) is 0 Å². The van der Waals surface area contributed by atoms with Gasteiger partial charge in [0, 0.05) is 36.2 Å². The van der Waals surface area contributed by atoms with Crippen LogP contribution in [0.5, 0.6) is 5.75 Å². The number of ether oxygens (including phenoxy) is 1. The van der Waals surface area contributed by atoms with Crippen molar-refractivity contribution < 1.29 is 4.74 Å². The summed E-state index contributed by atoms with van der Waals surface area (Å²) < 4.78 is 5.33. The van der Waals surface area contributed by atoms with Crippen molar-refractivity contribution in [2.45, 2.75) is 25.3 Å². The molecule has 1 aromatic heterocycles. The topological polar surface area (TPSA) is 52.3 Å². The highest BCUT2D eigenvalue weighted by atomic mass is 32.1. The number of piperidine rings is 3. The molecule has 3 aliphatic rings. The molecule has 3 fully saturated rings. The minimum absolute atomic E-state index is 0.514. The van der Waals surface area contributed by atoms with Gasteiger partial charge in [-0.15, -0.1) is 0 Å². The first-order valence-corrected chi connectivity index (χ1v) is 9.54. The fourth-order valence-corrected chi connectivity index (χ4v) is 4.40. The molecule has 5 nitrogen and oxygen atoms in total. The van der Waals surface area contributed by atoms with Crippen molar-refractivity contribution in [3.63, 3.8) is 0 Å². The van der Waals surface area contributed by atoms with Crippen LogP contribution in [-0.2, 0) is 6.42 Å². The lowest BCUT2D eigenvalue weighted by molar-refractivity contribution is 0.0812. The summed E-state index contributed by atoms with van der Waals surface area (Å²) in [7, 11) is 1.70. The van der Waals surface area contributed by atoms with Crippen molar-refractivity contribution in [3.8, 4) is 5.75 Å². The van der Waals surface area contributed by atoms with Crippen LogP contribution in [0.25, 0.3) is 10.9 Å². The average Bonchev–Trinajstić information content (AvgIpc) is 3.05. The van der Waals surface area contributed by atoms with Gasteiger partial charge in [-0.1, -0.05) is 0 Å². The van der Waals surface area contributed by atoms with Crippen LogP contribution in [0, 0.1) is 5.92 Å². The Morgan fingerprint density at radius 2 is 2.20 bits per heavy atom. The number of thiocarbonyl (C=S) groups is 1. The molecule has 0 unspecified atom stereocenters. The first-order valence-electron chi connectivity index (χ1n) is 9.13. The Balaban J connectivity index is 1.29. The molecule has 0 aliphatic carbocycles. The van der Waals surface area contributed by atoms with E-state index in [4.69, 9.17) is 17.0 Å². The molecule has 0 radical (unpaired) electrons. The van der Waals surface area contributed by atoms with Gasteiger partial charge < -0.3 is 25.3 Å². The maximum Gasteiger partial charge on any atom is 0.166 e. The van der Waals surface area contributed by atoms with Crippen molar-refractivity contribution in [2.75, 3.05) is 33.3 Å². The van der Waals surface area contributed by atoms with Crippen LogP contribution in [0.4, 0.5) is 0 Å². The summed E-state index contributed by atoms with van der Waals surface area (Å²) in [6.45, 7) is 4.48. The molecule has 6 heteroatoms. The van der Waals surface area contributed by atoms with Crippen molar-refractivity contribution in [3.05, 3.63) is 30.0 Å². The highest BCUT2D eigenvalue weighted by Crippen LogP contribution is 2.27. The third-order valence-corrected chi connectivity index (χ3v) is 5.89. The number of nitrogens with one attached hydrogen (secondary N) is 3. The van der Waals surface area contributed by atoms with E-state index in [1.165, 1.54) is 36.9 Å². The summed E-state index contributed by atoms with van der Waals surface area (Å²) in [5.41, 5.74) is 2.43. The van der Waals surface area contributed by atoms with Crippen LogP contribution in [-0.4, -0.2) is 54.3 Å². The van der Waals surface area contributed by atoms with Gasteiger partial charge in [0.25, 0.3) is 0 Å². The zero-order valence-electron chi connectivity index (χ0n) is 14.7. The number of aromatic amines is 1. The molecule has 0 spiro atoms. The molecule has 134 valence electrons. The lowest BCUT2D eigenvalue weighted by Crippen LogP contribution is -2.58. The number of aromatic nitrogens is 1. The molecular formula is C19H26N4OS. The van der Waals surface area contributed by atoms with E-state index in [-0.39, 0.29) is 0 Å². The van der Waals surface area contributed by atoms with Crippen LogP contribution in [0.1, 0.15) is 18.4 Å². The van der Waals surface area contributed by atoms with E-state index in [9.17, 15) is 0 Å². The second-order valence-electron chi connectivity index (χ2n) is 7.12. The molecule has 0 saturated carbocycles. The van der Waals surface area contributed by atoms with Crippen molar-refractivity contribution in [2.24, 2.45) is 5.92 Å². The number of H-pyrrole nitrogens is 1. The number of methoxy groups -OCH3 is 1. The minimum Gasteiger partial charge on any atom is -0.497 e. The molecule has 3 N–H and O–H groups in total. The number of hydrogen-bond acceptors (Lipinski definition) is 3. The van der Waals surface area contributed by atoms with Gasteiger partial charge in [-0.3, -0.25) is 0 Å². The maximum absolute atomic E-state index is 5.51. The van der Waals surface area contributed by atoms with Gasteiger partial charge in [-0.25, -0.2) is 0 Å². The molecule has 1 atom stereocenters. The monoisotopic (exact) mass is 358 g/mol. The quantitative estimate of drug-likeness (QED) is 0.716. The standard InChI is InChI=1S/C19H26N4OS/c1-24-15-2-3-17-16(10-15)14(11-21-17)4-7-20-19(25)22-18-12-23-8-5-13(18)6-9-23/h2-3,10-11,13,18,21H,4-9,12H2,1H3,(H2,20,22,25)/t18-/m1/s1. The predicted molar refractivity (Wildman–Crippen MR) is 105 cm³/mol. The van der Waals surface area contributed by atoms with E-state index in [1.807, 2.05) is 6.07 Å². The number of rotatable bonds is 5. The van der Waals surface area contributed by atoms with Gasteiger partial charge in [-0.05, 0) is 74.3 Å². The Morgan fingerprint density at radius 3 is 2.92 bits per heavy atom. The van der Waals surface area contributed by atoms with Gasteiger partial charge >= 0.3 is 0 Å². The number of benzene rings is 1. The lowest BCUT2D eigenvalue weighted by Gasteiger charge is -2.45.